The Morgan fingerprint density at radius 3 is 2.78 bits per heavy atom. The maximum Gasteiger partial charge on any atom is 0.336 e. The normalized spacial score (nSPS) is 15.8. The van der Waals surface area contributed by atoms with E-state index in [2.05, 4.69) is 5.32 Å². The summed E-state index contributed by atoms with van der Waals surface area (Å²) in [6, 6.07) is 12.5. The SMILES string of the molecule is CCc1cc2c(CNC[C@@H]3COc4ccccc4O3)cc(=O)oc2cc1O. The molecule has 0 radical (unpaired) electrons. The highest BCUT2D eigenvalue weighted by Gasteiger charge is 2.20. The number of benzene rings is 2. The Bertz CT molecular complexity index is 1030. The van der Waals surface area contributed by atoms with Crippen LogP contribution < -0.4 is 20.4 Å². The molecule has 1 aromatic heterocycles. The fraction of sp³-hybridized carbons (Fsp3) is 0.286. The average molecular weight is 367 g/mol. The fourth-order valence-electron chi connectivity index (χ4n) is 3.27. The molecular formula is C21H21NO5. The lowest BCUT2D eigenvalue weighted by Crippen LogP contribution is -2.38. The highest BCUT2D eigenvalue weighted by atomic mass is 16.6. The lowest BCUT2D eigenvalue weighted by atomic mass is 10.0. The van der Waals surface area contributed by atoms with Gasteiger partial charge >= 0.3 is 5.63 Å². The second-order valence-electron chi connectivity index (χ2n) is 6.55. The van der Waals surface area contributed by atoms with E-state index in [1.165, 1.54) is 12.1 Å². The highest BCUT2D eigenvalue weighted by Crippen LogP contribution is 2.31. The monoisotopic (exact) mass is 367 g/mol. The predicted octanol–water partition coefficient (Wildman–Crippen LogP) is 2.99. The topological polar surface area (TPSA) is 80.9 Å². The molecule has 1 aliphatic heterocycles. The molecule has 0 amide bonds. The lowest BCUT2D eigenvalue weighted by molar-refractivity contribution is 0.0902. The smallest absolute Gasteiger partial charge is 0.336 e. The second-order valence-corrected chi connectivity index (χ2v) is 6.55. The number of phenolic OH excluding ortho intramolecular Hbond substituents is 1. The van der Waals surface area contributed by atoms with Crippen molar-refractivity contribution in [3.8, 4) is 17.2 Å². The van der Waals surface area contributed by atoms with E-state index in [0.29, 0.717) is 31.7 Å². The molecule has 1 atom stereocenters. The van der Waals surface area contributed by atoms with Crippen LogP contribution in [0.2, 0.25) is 0 Å². The molecule has 6 nitrogen and oxygen atoms in total. The van der Waals surface area contributed by atoms with Crippen LogP contribution in [0, 0.1) is 0 Å². The number of aryl methyl sites for hydroxylation is 1. The van der Waals surface area contributed by atoms with Crippen LogP contribution in [0.15, 0.2) is 51.7 Å². The molecule has 0 bridgehead atoms. The van der Waals surface area contributed by atoms with Crippen LogP contribution in [0.4, 0.5) is 0 Å². The first-order chi connectivity index (χ1) is 13.1. The molecule has 6 heteroatoms. The van der Waals surface area contributed by atoms with Crippen LogP contribution in [-0.2, 0) is 13.0 Å². The van der Waals surface area contributed by atoms with Crippen molar-refractivity contribution in [2.45, 2.75) is 26.0 Å². The van der Waals surface area contributed by atoms with Crippen LogP contribution in [0.3, 0.4) is 0 Å². The van der Waals surface area contributed by atoms with Crippen molar-refractivity contribution < 1.29 is 19.0 Å². The number of nitrogens with one attached hydrogen (secondary N) is 1. The van der Waals surface area contributed by atoms with E-state index in [-0.39, 0.29) is 11.9 Å². The Kier molecular flexibility index (Phi) is 4.73. The summed E-state index contributed by atoms with van der Waals surface area (Å²) in [7, 11) is 0. The lowest BCUT2D eigenvalue weighted by Gasteiger charge is -2.26. The highest BCUT2D eigenvalue weighted by molar-refractivity contribution is 5.82. The molecule has 27 heavy (non-hydrogen) atoms. The predicted molar refractivity (Wildman–Crippen MR) is 102 cm³/mol. The molecule has 2 aromatic carbocycles. The van der Waals surface area contributed by atoms with E-state index in [1.807, 2.05) is 37.3 Å². The second kappa shape index (κ2) is 7.32. The Labute approximate surface area is 156 Å². The standard InChI is InChI=1S/C21H21NO5/c1-2-13-7-16-14(8-21(24)27-20(16)9-17(13)23)10-22-11-15-12-25-18-5-3-4-6-19(18)26-15/h3-9,15,22-23H,2,10-12H2,1H3/t15-/m1/s1. The van der Waals surface area contributed by atoms with Crippen molar-refractivity contribution in [2.24, 2.45) is 0 Å². The molecular weight excluding hydrogens is 346 g/mol. The molecule has 0 saturated carbocycles. The Hall–Kier alpha value is -2.99. The van der Waals surface area contributed by atoms with Gasteiger partial charge in [-0.3, -0.25) is 0 Å². The number of hydrogen-bond donors (Lipinski definition) is 2. The van der Waals surface area contributed by atoms with Crippen LogP contribution >= 0.6 is 0 Å². The van der Waals surface area contributed by atoms with Crippen molar-refractivity contribution in [1.29, 1.82) is 0 Å². The zero-order chi connectivity index (χ0) is 18.8. The van der Waals surface area contributed by atoms with E-state index in [0.717, 1.165) is 28.0 Å². The van der Waals surface area contributed by atoms with Crippen LogP contribution in [-0.4, -0.2) is 24.4 Å². The Morgan fingerprint density at radius 2 is 1.96 bits per heavy atom. The maximum absolute atomic E-state index is 11.9. The average Bonchev–Trinajstić information content (AvgIpc) is 2.67. The Morgan fingerprint density at radius 1 is 1.15 bits per heavy atom. The third kappa shape index (κ3) is 3.61. The minimum atomic E-state index is -0.436. The number of para-hydroxylation sites is 2. The third-order valence-electron chi connectivity index (χ3n) is 4.67. The minimum absolute atomic E-state index is 0.110. The van der Waals surface area contributed by atoms with Gasteiger partial charge in [0.05, 0.1) is 0 Å². The molecule has 3 aromatic rings. The van der Waals surface area contributed by atoms with E-state index in [1.54, 1.807) is 0 Å². The first-order valence-corrected chi connectivity index (χ1v) is 9.02. The molecule has 140 valence electrons. The van der Waals surface area contributed by atoms with Crippen LogP contribution in [0.25, 0.3) is 11.0 Å². The molecule has 0 saturated heterocycles. The number of ether oxygens (including phenoxy) is 2. The third-order valence-corrected chi connectivity index (χ3v) is 4.67. The van der Waals surface area contributed by atoms with Crippen molar-refractivity contribution in [1.82, 2.24) is 5.32 Å². The number of hydrogen-bond acceptors (Lipinski definition) is 6. The summed E-state index contributed by atoms with van der Waals surface area (Å²) in [6.07, 6.45) is 0.585. The largest absolute Gasteiger partial charge is 0.508 e. The van der Waals surface area contributed by atoms with Crippen molar-refractivity contribution in [3.63, 3.8) is 0 Å². The fourth-order valence-corrected chi connectivity index (χ4v) is 3.27. The summed E-state index contributed by atoms with van der Waals surface area (Å²) in [5, 5.41) is 14.2. The summed E-state index contributed by atoms with van der Waals surface area (Å²) in [5.41, 5.74) is 1.60. The van der Waals surface area contributed by atoms with Gasteiger partial charge in [0, 0.05) is 30.6 Å². The van der Waals surface area contributed by atoms with Gasteiger partial charge in [0.1, 0.15) is 24.0 Å². The number of aromatic hydroxyl groups is 1. The summed E-state index contributed by atoms with van der Waals surface area (Å²) in [5.74, 6) is 1.64. The van der Waals surface area contributed by atoms with Gasteiger partial charge in [0.15, 0.2) is 11.5 Å². The summed E-state index contributed by atoms with van der Waals surface area (Å²) in [4.78, 5) is 11.9. The molecule has 2 N–H and O–H groups in total. The summed E-state index contributed by atoms with van der Waals surface area (Å²) >= 11 is 0. The van der Waals surface area contributed by atoms with E-state index < -0.39 is 5.63 Å². The van der Waals surface area contributed by atoms with Gasteiger partial charge < -0.3 is 24.3 Å². The zero-order valence-electron chi connectivity index (χ0n) is 15.0. The molecule has 2 heterocycles. The molecule has 4 rings (SSSR count). The van der Waals surface area contributed by atoms with Crippen molar-refractivity contribution in [2.75, 3.05) is 13.2 Å². The molecule has 0 aliphatic carbocycles. The quantitative estimate of drug-likeness (QED) is 0.675. The van der Waals surface area contributed by atoms with Gasteiger partial charge in [-0.1, -0.05) is 19.1 Å². The van der Waals surface area contributed by atoms with E-state index >= 15 is 0 Å². The van der Waals surface area contributed by atoms with Gasteiger partial charge in [0.25, 0.3) is 0 Å². The zero-order valence-corrected chi connectivity index (χ0v) is 15.0. The molecule has 0 fully saturated rings. The van der Waals surface area contributed by atoms with Crippen molar-refractivity contribution in [3.05, 3.63) is 64.0 Å². The Balaban J connectivity index is 1.48. The minimum Gasteiger partial charge on any atom is -0.508 e. The number of phenols is 1. The van der Waals surface area contributed by atoms with Gasteiger partial charge in [-0.15, -0.1) is 0 Å². The van der Waals surface area contributed by atoms with Crippen molar-refractivity contribution >= 4 is 11.0 Å². The van der Waals surface area contributed by atoms with Gasteiger partial charge in [-0.25, -0.2) is 4.79 Å². The summed E-state index contributed by atoms with van der Waals surface area (Å²) in [6.45, 7) is 3.50. The van der Waals surface area contributed by atoms with E-state index in [4.69, 9.17) is 13.9 Å². The van der Waals surface area contributed by atoms with Crippen LogP contribution in [0.5, 0.6) is 17.2 Å². The van der Waals surface area contributed by atoms with Crippen LogP contribution in [0.1, 0.15) is 18.1 Å². The van der Waals surface area contributed by atoms with E-state index in [9.17, 15) is 9.90 Å². The van der Waals surface area contributed by atoms with Gasteiger partial charge in [-0.05, 0) is 35.7 Å². The molecule has 0 unspecified atom stereocenters. The summed E-state index contributed by atoms with van der Waals surface area (Å²) < 4.78 is 16.9. The molecule has 0 spiro atoms. The first-order valence-electron chi connectivity index (χ1n) is 9.02. The maximum atomic E-state index is 11.9. The van der Waals surface area contributed by atoms with Gasteiger partial charge in [0.2, 0.25) is 0 Å². The number of rotatable bonds is 5. The molecule has 1 aliphatic rings. The van der Waals surface area contributed by atoms with Gasteiger partial charge in [-0.2, -0.15) is 0 Å². The first kappa shape index (κ1) is 17.4. The number of fused-ring (bicyclic) bond motifs is 2.